The van der Waals surface area contributed by atoms with Crippen LogP contribution in [-0.2, 0) is 29.2 Å². The lowest BCUT2D eigenvalue weighted by Gasteiger charge is -2.40. The summed E-state index contributed by atoms with van der Waals surface area (Å²) in [7, 11) is -0.211. The molecule has 0 unspecified atom stereocenters. The summed E-state index contributed by atoms with van der Waals surface area (Å²) in [6.45, 7) is 15.8. The van der Waals surface area contributed by atoms with Crippen LogP contribution in [-0.4, -0.2) is 48.3 Å². The molecule has 3 rings (SSSR count). The number of aliphatic hydroxyl groups excluding tert-OH is 1. The molecule has 0 saturated carbocycles. The molecule has 8 heteroatoms. The van der Waals surface area contributed by atoms with Crippen molar-refractivity contribution in [1.29, 1.82) is 0 Å². The Morgan fingerprint density at radius 2 is 1.84 bits per heavy atom. The molecule has 3 aromatic rings. The van der Waals surface area contributed by atoms with Crippen molar-refractivity contribution in [3.8, 4) is 5.75 Å². The molecule has 208 valence electrons. The minimum atomic E-state index is -2.09. The number of aliphatic hydroxyl groups is 1. The molecule has 38 heavy (non-hydrogen) atoms. The average molecular weight is 541 g/mol. The number of carbonyl (C=O) groups excluding carboxylic acids is 1. The third kappa shape index (κ3) is 6.85. The molecule has 3 N–H and O–H groups in total. The van der Waals surface area contributed by atoms with Crippen molar-refractivity contribution in [2.45, 2.75) is 77.9 Å². The second kappa shape index (κ2) is 12.0. The largest absolute Gasteiger partial charge is 0.508 e. The van der Waals surface area contributed by atoms with Crippen LogP contribution in [0.3, 0.4) is 0 Å². The number of phenols is 1. The van der Waals surface area contributed by atoms with Crippen molar-refractivity contribution < 1.29 is 24.2 Å². The normalized spacial score (nSPS) is 14.0. The molecular weight excluding hydrogens is 496 g/mol. The van der Waals surface area contributed by atoms with Crippen molar-refractivity contribution in [2.24, 2.45) is 7.05 Å². The molecule has 1 aromatic heterocycles. The standard InChI is InChI=1S/C30H44N2O5Si/c1-9-36-29(35)26-17-23-15-21(10-12-25(23)32(26)6)14-20(2)31-18-28(37-38(7,8)30(3,4)5)22-11-13-27(34)24(16-22)19-33/h10-13,15-17,20,28,31,33-34H,9,14,18-19H2,1-8H3/t20-,28-/m1/s1. The number of hydrogen-bond donors (Lipinski definition) is 3. The van der Waals surface area contributed by atoms with E-state index >= 15 is 0 Å². The molecule has 0 bridgehead atoms. The summed E-state index contributed by atoms with van der Waals surface area (Å²) in [5.41, 5.74) is 4.15. The second-order valence-electron chi connectivity index (χ2n) is 11.6. The number of aryl methyl sites for hydroxylation is 1. The van der Waals surface area contributed by atoms with E-state index in [1.54, 1.807) is 6.07 Å². The third-order valence-electron chi connectivity index (χ3n) is 7.67. The molecule has 0 spiro atoms. The van der Waals surface area contributed by atoms with Gasteiger partial charge in [0.1, 0.15) is 11.4 Å². The van der Waals surface area contributed by atoms with Gasteiger partial charge in [-0.25, -0.2) is 4.79 Å². The Balaban J connectivity index is 1.77. The van der Waals surface area contributed by atoms with Gasteiger partial charge in [0.05, 0.1) is 19.3 Å². The van der Waals surface area contributed by atoms with Gasteiger partial charge in [0.25, 0.3) is 0 Å². The Hall–Kier alpha value is -2.65. The van der Waals surface area contributed by atoms with E-state index in [1.165, 1.54) is 5.56 Å². The Bertz CT molecular complexity index is 1260. The van der Waals surface area contributed by atoms with Crippen molar-refractivity contribution in [3.05, 3.63) is 64.8 Å². The fourth-order valence-electron chi connectivity index (χ4n) is 4.35. The maximum absolute atomic E-state index is 12.3. The highest BCUT2D eigenvalue weighted by atomic mass is 28.4. The van der Waals surface area contributed by atoms with Gasteiger partial charge in [-0.05, 0) is 79.9 Å². The van der Waals surface area contributed by atoms with E-state index in [-0.39, 0.29) is 35.5 Å². The van der Waals surface area contributed by atoms with Gasteiger partial charge >= 0.3 is 5.97 Å². The van der Waals surface area contributed by atoms with E-state index < -0.39 is 8.32 Å². The molecule has 2 atom stereocenters. The first-order valence-electron chi connectivity index (χ1n) is 13.4. The molecule has 0 fully saturated rings. The maximum Gasteiger partial charge on any atom is 0.354 e. The maximum atomic E-state index is 12.3. The zero-order chi connectivity index (χ0) is 28.3. The minimum Gasteiger partial charge on any atom is -0.508 e. The monoisotopic (exact) mass is 540 g/mol. The molecule has 0 amide bonds. The number of hydrogen-bond acceptors (Lipinski definition) is 6. The molecule has 0 aliphatic heterocycles. The van der Waals surface area contributed by atoms with E-state index in [0.29, 0.717) is 24.4 Å². The lowest BCUT2D eigenvalue weighted by molar-refractivity contribution is 0.0516. The predicted octanol–water partition coefficient (Wildman–Crippen LogP) is 5.84. The summed E-state index contributed by atoms with van der Waals surface area (Å²) in [5, 5.41) is 24.5. The number of aromatic nitrogens is 1. The lowest BCUT2D eigenvalue weighted by Crippen LogP contribution is -2.44. The van der Waals surface area contributed by atoms with E-state index in [4.69, 9.17) is 9.16 Å². The zero-order valence-corrected chi connectivity index (χ0v) is 25.1. The van der Waals surface area contributed by atoms with Gasteiger partial charge in [-0.3, -0.25) is 0 Å². The van der Waals surface area contributed by atoms with Gasteiger partial charge < -0.3 is 29.3 Å². The van der Waals surface area contributed by atoms with Crippen LogP contribution in [0, 0.1) is 0 Å². The summed E-state index contributed by atoms with van der Waals surface area (Å²) in [6.07, 6.45) is 0.595. The number of benzene rings is 2. The van der Waals surface area contributed by atoms with Crippen LogP contribution < -0.4 is 5.32 Å². The van der Waals surface area contributed by atoms with Gasteiger partial charge in [-0.15, -0.1) is 0 Å². The lowest BCUT2D eigenvalue weighted by atomic mass is 10.0. The van der Waals surface area contributed by atoms with E-state index in [2.05, 4.69) is 64.3 Å². The molecule has 0 aliphatic carbocycles. The van der Waals surface area contributed by atoms with Crippen LogP contribution in [0.1, 0.15) is 67.9 Å². The Morgan fingerprint density at radius 1 is 1.13 bits per heavy atom. The van der Waals surface area contributed by atoms with E-state index in [1.807, 2.05) is 36.7 Å². The fourth-order valence-corrected chi connectivity index (χ4v) is 5.64. The number of nitrogens with zero attached hydrogens (tertiary/aromatic N) is 1. The number of fused-ring (bicyclic) bond motifs is 1. The Labute approximate surface area is 227 Å². The smallest absolute Gasteiger partial charge is 0.354 e. The average Bonchev–Trinajstić information content (AvgIpc) is 3.17. The summed E-state index contributed by atoms with van der Waals surface area (Å²) in [4.78, 5) is 12.3. The van der Waals surface area contributed by atoms with Crippen molar-refractivity contribution in [3.63, 3.8) is 0 Å². The van der Waals surface area contributed by atoms with Crippen LogP contribution in [0.25, 0.3) is 10.9 Å². The summed E-state index contributed by atoms with van der Waals surface area (Å²) >= 11 is 0. The SMILES string of the molecule is CCOC(=O)c1cc2cc(C[C@@H](C)NC[C@@H](O[Si](C)(C)C(C)(C)C)c3ccc(O)c(CO)c3)ccc2n1C. The first-order valence-corrected chi connectivity index (χ1v) is 16.3. The number of aromatic hydroxyl groups is 1. The minimum absolute atomic E-state index is 0.0428. The van der Waals surface area contributed by atoms with Crippen LogP contribution in [0.4, 0.5) is 0 Å². The first-order chi connectivity index (χ1) is 17.8. The quantitative estimate of drug-likeness (QED) is 0.209. The van der Waals surface area contributed by atoms with Crippen LogP contribution in [0.15, 0.2) is 42.5 Å². The first kappa shape index (κ1) is 29.9. The van der Waals surface area contributed by atoms with Gasteiger partial charge in [0.15, 0.2) is 8.32 Å². The van der Waals surface area contributed by atoms with Crippen molar-refractivity contribution >= 4 is 25.2 Å². The molecular formula is C30H44N2O5Si. The highest BCUT2D eigenvalue weighted by Gasteiger charge is 2.39. The Morgan fingerprint density at radius 3 is 2.47 bits per heavy atom. The fraction of sp³-hybridized carbons (Fsp3) is 0.500. The zero-order valence-electron chi connectivity index (χ0n) is 24.1. The van der Waals surface area contributed by atoms with Crippen LogP contribution in [0.2, 0.25) is 18.1 Å². The highest BCUT2D eigenvalue weighted by molar-refractivity contribution is 6.74. The van der Waals surface area contributed by atoms with E-state index in [0.717, 1.165) is 22.9 Å². The number of ether oxygens (including phenoxy) is 1. The Kier molecular flexibility index (Phi) is 9.46. The predicted molar refractivity (Wildman–Crippen MR) is 155 cm³/mol. The van der Waals surface area contributed by atoms with Crippen LogP contribution in [0.5, 0.6) is 5.75 Å². The number of esters is 1. The summed E-state index contributed by atoms with van der Waals surface area (Å²) < 4.78 is 13.9. The third-order valence-corrected chi connectivity index (χ3v) is 12.2. The summed E-state index contributed by atoms with van der Waals surface area (Å²) in [5.74, 6) is -0.222. The van der Waals surface area contributed by atoms with E-state index in [9.17, 15) is 15.0 Å². The second-order valence-corrected chi connectivity index (χ2v) is 16.4. The van der Waals surface area contributed by atoms with Gasteiger partial charge in [-0.1, -0.05) is 32.9 Å². The molecule has 1 heterocycles. The van der Waals surface area contributed by atoms with Gasteiger partial charge in [-0.2, -0.15) is 0 Å². The van der Waals surface area contributed by atoms with Crippen molar-refractivity contribution in [1.82, 2.24) is 9.88 Å². The molecule has 0 aliphatic rings. The number of carbonyl (C=O) groups is 1. The molecule has 0 saturated heterocycles. The van der Waals surface area contributed by atoms with Crippen molar-refractivity contribution in [2.75, 3.05) is 13.2 Å². The number of rotatable bonds is 11. The number of nitrogens with one attached hydrogen (secondary N) is 1. The van der Waals surface area contributed by atoms with Gasteiger partial charge in [0.2, 0.25) is 0 Å². The topological polar surface area (TPSA) is 93.0 Å². The van der Waals surface area contributed by atoms with Crippen LogP contribution >= 0.6 is 0 Å². The molecule has 2 aromatic carbocycles. The van der Waals surface area contributed by atoms with Gasteiger partial charge in [0, 0.05) is 36.1 Å². The highest BCUT2D eigenvalue weighted by Crippen LogP contribution is 2.40. The molecule has 0 radical (unpaired) electrons. The summed E-state index contributed by atoms with van der Waals surface area (Å²) in [6, 6.07) is 13.7. The molecule has 7 nitrogen and oxygen atoms in total.